The van der Waals surface area contributed by atoms with Crippen molar-refractivity contribution in [1.82, 2.24) is 0 Å². The van der Waals surface area contributed by atoms with E-state index in [0.717, 1.165) is 5.92 Å². The van der Waals surface area contributed by atoms with Crippen LogP contribution in [0.1, 0.15) is 85.0 Å². The van der Waals surface area contributed by atoms with E-state index in [9.17, 15) is 0 Å². The number of unbranched alkanes of at least 4 members (excludes halogenated alkanes) is 1. The molecule has 1 saturated carbocycles. The highest BCUT2D eigenvalue weighted by Gasteiger charge is 1.95. The van der Waals surface area contributed by atoms with Gasteiger partial charge in [-0.2, -0.15) is 0 Å². The Balaban J connectivity index is 0.000000249. The minimum Gasteiger partial charge on any atom is -0.0654 e. The van der Waals surface area contributed by atoms with Crippen LogP contribution in [0.25, 0.3) is 0 Å². The van der Waals surface area contributed by atoms with Gasteiger partial charge in [0.1, 0.15) is 0 Å². The summed E-state index contributed by atoms with van der Waals surface area (Å²) in [5, 5.41) is 0. The Morgan fingerprint density at radius 3 is 1.57 bits per heavy atom. The zero-order chi connectivity index (χ0) is 10.6. The third kappa shape index (κ3) is 10.1. The molecule has 0 saturated heterocycles. The molecule has 0 nitrogen and oxygen atoms in total. The van der Waals surface area contributed by atoms with E-state index in [2.05, 4.69) is 20.8 Å². The van der Waals surface area contributed by atoms with E-state index in [-0.39, 0.29) is 0 Å². The molecule has 1 fully saturated rings. The summed E-state index contributed by atoms with van der Waals surface area (Å²) < 4.78 is 0. The summed E-state index contributed by atoms with van der Waals surface area (Å²) in [6.07, 6.45) is 14.5. The van der Waals surface area contributed by atoms with E-state index < -0.39 is 0 Å². The smallest absolute Gasteiger partial charge is 0.0445 e. The summed E-state index contributed by atoms with van der Waals surface area (Å²) in [6, 6.07) is 0. The average Bonchev–Trinajstić information content (AvgIpc) is 2.29. The van der Waals surface area contributed by atoms with Gasteiger partial charge in [-0.25, -0.2) is 0 Å². The Hall–Kier alpha value is 0. The van der Waals surface area contributed by atoms with Gasteiger partial charge in [-0.1, -0.05) is 85.0 Å². The van der Waals surface area contributed by atoms with E-state index in [1.807, 2.05) is 0 Å². The number of hydrogen-bond acceptors (Lipinski definition) is 0. The molecule has 0 aromatic heterocycles. The maximum atomic E-state index is 2.33. The first-order chi connectivity index (χ1) is 6.81. The lowest BCUT2D eigenvalue weighted by molar-refractivity contribution is 0.492. The molecule has 0 bridgehead atoms. The molecule has 1 rings (SSSR count). The minimum atomic E-state index is 0.954. The van der Waals surface area contributed by atoms with E-state index in [1.165, 1.54) is 64.2 Å². The van der Waals surface area contributed by atoms with Gasteiger partial charge in [-0.3, -0.25) is 0 Å². The van der Waals surface area contributed by atoms with Gasteiger partial charge < -0.3 is 0 Å². The van der Waals surface area contributed by atoms with Crippen molar-refractivity contribution in [2.75, 3.05) is 0 Å². The molecule has 1 unspecified atom stereocenters. The Morgan fingerprint density at radius 2 is 1.29 bits per heavy atom. The summed E-state index contributed by atoms with van der Waals surface area (Å²) in [5.74, 6) is 0.954. The SMILES string of the molecule is C1CCCCC1.CCCCC(C)CC. The maximum Gasteiger partial charge on any atom is -0.0445 e. The van der Waals surface area contributed by atoms with Gasteiger partial charge >= 0.3 is 0 Å². The second-order valence-electron chi connectivity index (χ2n) is 4.78. The van der Waals surface area contributed by atoms with Crippen LogP contribution in [0.5, 0.6) is 0 Å². The van der Waals surface area contributed by atoms with E-state index in [4.69, 9.17) is 0 Å². The van der Waals surface area contributed by atoms with Crippen LogP contribution in [0.15, 0.2) is 0 Å². The molecular formula is C14H30. The Labute approximate surface area is 91.5 Å². The van der Waals surface area contributed by atoms with Crippen molar-refractivity contribution in [3.05, 3.63) is 0 Å². The van der Waals surface area contributed by atoms with Crippen LogP contribution in [-0.4, -0.2) is 0 Å². The van der Waals surface area contributed by atoms with Gasteiger partial charge in [0.25, 0.3) is 0 Å². The van der Waals surface area contributed by atoms with Crippen LogP contribution in [0.2, 0.25) is 0 Å². The summed E-state index contributed by atoms with van der Waals surface area (Å²) in [6.45, 7) is 6.85. The van der Waals surface area contributed by atoms with Crippen LogP contribution in [0, 0.1) is 5.92 Å². The van der Waals surface area contributed by atoms with Gasteiger partial charge in [0, 0.05) is 0 Å². The molecule has 0 amide bonds. The summed E-state index contributed by atoms with van der Waals surface area (Å²) >= 11 is 0. The molecular weight excluding hydrogens is 168 g/mol. The molecule has 1 atom stereocenters. The predicted octanol–water partition coefficient (Wildman–Crippen LogP) is 5.56. The lowest BCUT2D eigenvalue weighted by Gasteiger charge is -2.05. The molecule has 14 heavy (non-hydrogen) atoms. The molecule has 0 aliphatic heterocycles. The third-order valence-corrected chi connectivity index (χ3v) is 3.25. The van der Waals surface area contributed by atoms with Crippen molar-refractivity contribution in [1.29, 1.82) is 0 Å². The average molecular weight is 198 g/mol. The highest BCUT2D eigenvalue weighted by atomic mass is 14.0. The van der Waals surface area contributed by atoms with Gasteiger partial charge in [0.15, 0.2) is 0 Å². The lowest BCUT2D eigenvalue weighted by atomic mass is 10.0. The molecule has 86 valence electrons. The molecule has 0 spiro atoms. The quantitative estimate of drug-likeness (QED) is 0.554. The second kappa shape index (κ2) is 11.1. The molecule has 0 N–H and O–H groups in total. The van der Waals surface area contributed by atoms with Gasteiger partial charge in [-0.15, -0.1) is 0 Å². The summed E-state index contributed by atoms with van der Waals surface area (Å²) in [5.41, 5.74) is 0. The largest absolute Gasteiger partial charge is 0.0654 e. The van der Waals surface area contributed by atoms with Crippen LogP contribution < -0.4 is 0 Å². The van der Waals surface area contributed by atoms with Crippen molar-refractivity contribution in [2.24, 2.45) is 5.92 Å². The van der Waals surface area contributed by atoms with Gasteiger partial charge in [0.05, 0.1) is 0 Å². The second-order valence-corrected chi connectivity index (χ2v) is 4.78. The molecule has 0 radical (unpaired) electrons. The molecule has 0 aromatic rings. The zero-order valence-electron chi connectivity index (χ0n) is 10.6. The Bertz CT molecular complexity index is 80.7. The topological polar surface area (TPSA) is 0 Å². The fourth-order valence-electron chi connectivity index (χ4n) is 1.82. The van der Waals surface area contributed by atoms with Gasteiger partial charge in [-0.05, 0) is 5.92 Å². The molecule has 1 aliphatic carbocycles. The van der Waals surface area contributed by atoms with E-state index >= 15 is 0 Å². The van der Waals surface area contributed by atoms with Gasteiger partial charge in [0.2, 0.25) is 0 Å². The summed E-state index contributed by atoms with van der Waals surface area (Å²) in [4.78, 5) is 0. The number of hydrogen-bond donors (Lipinski definition) is 0. The van der Waals surface area contributed by atoms with Crippen molar-refractivity contribution in [3.63, 3.8) is 0 Å². The van der Waals surface area contributed by atoms with Crippen LogP contribution in [-0.2, 0) is 0 Å². The third-order valence-electron chi connectivity index (χ3n) is 3.25. The Kier molecular flexibility index (Phi) is 11.1. The van der Waals surface area contributed by atoms with E-state index in [1.54, 1.807) is 0 Å². The number of rotatable bonds is 4. The zero-order valence-corrected chi connectivity index (χ0v) is 10.6. The highest BCUT2D eigenvalue weighted by molar-refractivity contribution is 4.51. The van der Waals surface area contributed by atoms with Crippen molar-refractivity contribution in [3.8, 4) is 0 Å². The van der Waals surface area contributed by atoms with Crippen LogP contribution in [0.3, 0.4) is 0 Å². The summed E-state index contributed by atoms with van der Waals surface area (Å²) in [7, 11) is 0. The Morgan fingerprint density at radius 1 is 0.857 bits per heavy atom. The highest BCUT2D eigenvalue weighted by Crippen LogP contribution is 2.15. The fourth-order valence-corrected chi connectivity index (χ4v) is 1.82. The van der Waals surface area contributed by atoms with E-state index in [0.29, 0.717) is 0 Å². The van der Waals surface area contributed by atoms with Crippen molar-refractivity contribution in [2.45, 2.75) is 85.0 Å². The van der Waals surface area contributed by atoms with Crippen LogP contribution >= 0.6 is 0 Å². The van der Waals surface area contributed by atoms with Crippen molar-refractivity contribution < 1.29 is 0 Å². The standard InChI is InChI=1S/C8H18.C6H12/c1-4-6-7-8(3)5-2;1-2-4-6-5-3-1/h8H,4-7H2,1-3H3;1-6H2. The first kappa shape index (κ1) is 14.0. The molecule has 0 aromatic carbocycles. The monoisotopic (exact) mass is 198 g/mol. The maximum absolute atomic E-state index is 2.33. The van der Waals surface area contributed by atoms with Crippen molar-refractivity contribution >= 4 is 0 Å². The minimum absolute atomic E-state index is 0.954. The molecule has 1 aliphatic rings. The first-order valence-electron chi connectivity index (χ1n) is 6.81. The fraction of sp³-hybridized carbons (Fsp3) is 1.00. The van der Waals surface area contributed by atoms with Crippen LogP contribution in [0.4, 0.5) is 0 Å². The molecule has 0 heteroatoms. The first-order valence-corrected chi connectivity index (χ1v) is 6.81. The normalized spacial score (nSPS) is 18.2. The predicted molar refractivity (Wildman–Crippen MR) is 66.7 cm³/mol. The lowest BCUT2D eigenvalue weighted by Crippen LogP contribution is -1.89. The molecule has 0 heterocycles.